The van der Waals surface area contributed by atoms with Crippen LogP contribution in [0.3, 0.4) is 0 Å². The fourth-order valence-corrected chi connectivity index (χ4v) is 6.58. The summed E-state index contributed by atoms with van der Waals surface area (Å²) in [6.45, 7) is 6.81. The molecule has 0 amide bonds. The van der Waals surface area contributed by atoms with E-state index in [1.54, 1.807) is 0 Å². The van der Waals surface area contributed by atoms with E-state index in [1.165, 1.54) is 96.9 Å². The van der Waals surface area contributed by atoms with Crippen molar-refractivity contribution in [3.05, 3.63) is 70.9 Å². The maximum Gasteiger partial charge on any atom is 0.224 e. The van der Waals surface area contributed by atoms with E-state index in [9.17, 15) is 0 Å². The fourth-order valence-electron chi connectivity index (χ4n) is 6.58. The largest absolute Gasteiger partial charge is 0.307 e. The number of aromatic nitrogens is 2. The number of aryl methyl sites for hydroxylation is 4. The third-order valence-corrected chi connectivity index (χ3v) is 8.37. The second kappa shape index (κ2) is 6.22. The van der Waals surface area contributed by atoms with Crippen molar-refractivity contribution in [2.24, 2.45) is 7.05 Å². The number of hydrogen-bond acceptors (Lipinski definition) is 0. The molecule has 0 aliphatic heterocycles. The Morgan fingerprint density at radius 2 is 1.53 bits per heavy atom. The second-order valence-electron chi connectivity index (χ2n) is 10.2. The lowest BCUT2D eigenvalue weighted by Crippen LogP contribution is -2.29. The first-order valence-electron chi connectivity index (χ1n) is 12.1. The van der Waals surface area contributed by atoms with Crippen LogP contribution < -0.4 is 4.57 Å². The van der Waals surface area contributed by atoms with Gasteiger partial charge in [-0.1, -0.05) is 43.2 Å². The summed E-state index contributed by atoms with van der Waals surface area (Å²) in [6, 6.07) is 16.6. The van der Waals surface area contributed by atoms with Crippen LogP contribution in [-0.4, -0.2) is 4.40 Å². The van der Waals surface area contributed by atoms with Gasteiger partial charge in [-0.3, -0.25) is 0 Å². The Labute approximate surface area is 188 Å². The van der Waals surface area contributed by atoms with Gasteiger partial charge in [-0.25, -0.2) is 4.57 Å². The number of pyridine rings is 2. The summed E-state index contributed by atoms with van der Waals surface area (Å²) in [6.07, 6.45) is 7.64. The topological polar surface area (TPSA) is 8.29 Å². The predicted molar refractivity (Wildman–Crippen MR) is 135 cm³/mol. The molecule has 0 radical (unpaired) electrons. The van der Waals surface area contributed by atoms with Gasteiger partial charge in [0.1, 0.15) is 7.05 Å². The third kappa shape index (κ3) is 2.18. The smallest absolute Gasteiger partial charge is 0.224 e. The van der Waals surface area contributed by atoms with Crippen molar-refractivity contribution < 1.29 is 4.57 Å². The summed E-state index contributed by atoms with van der Waals surface area (Å²) in [4.78, 5) is 0. The summed E-state index contributed by atoms with van der Waals surface area (Å²) in [5.41, 5.74) is 11.1. The molecule has 1 fully saturated rings. The molecule has 0 bridgehead atoms. The Morgan fingerprint density at radius 1 is 0.812 bits per heavy atom. The zero-order valence-electron chi connectivity index (χ0n) is 19.4. The van der Waals surface area contributed by atoms with E-state index in [-0.39, 0.29) is 0 Å². The molecule has 0 spiro atoms. The summed E-state index contributed by atoms with van der Waals surface area (Å²) < 4.78 is 4.95. The Morgan fingerprint density at radius 3 is 2.31 bits per heavy atom. The highest BCUT2D eigenvalue weighted by molar-refractivity contribution is 6.26. The highest BCUT2D eigenvalue weighted by Gasteiger charge is 2.26. The summed E-state index contributed by atoms with van der Waals surface area (Å²) in [7, 11) is 2.20. The Kier molecular flexibility index (Phi) is 3.59. The Hall–Kier alpha value is -3.13. The number of nitrogens with zero attached hydrogens (tertiary/aromatic N) is 2. The Balaban J connectivity index is 1.85. The van der Waals surface area contributed by atoms with Gasteiger partial charge in [-0.15, -0.1) is 0 Å². The van der Waals surface area contributed by atoms with E-state index in [4.69, 9.17) is 0 Å². The van der Waals surface area contributed by atoms with Crippen molar-refractivity contribution >= 4 is 49.0 Å². The van der Waals surface area contributed by atoms with Crippen LogP contribution in [0.2, 0.25) is 0 Å². The Bertz CT molecular complexity index is 1710. The number of fused-ring (bicyclic) bond motifs is 5. The van der Waals surface area contributed by atoms with Crippen molar-refractivity contribution in [1.29, 1.82) is 0 Å². The van der Waals surface area contributed by atoms with Crippen LogP contribution in [0.1, 0.15) is 53.9 Å². The van der Waals surface area contributed by atoms with Gasteiger partial charge in [0.05, 0.1) is 27.3 Å². The molecule has 0 unspecified atom stereocenters. The van der Waals surface area contributed by atoms with Gasteiger partial charge in [0.2, 0.25) is 5.52 Å². The molecule has 0 saturated heterocycles. The maximum atomic E-state index is 2.61. The molecule has 0 N–H and O–H groups in total. The van der Waals surface area contributed by atoms with Gasteiger partial charge < -0.3 is 4.40 Å². The zero-order valence-corrected chi connectivity index (χ0v) is 19.4. The molecule has 1 aliphatic carbocycles. The van der Waals surface area contributed by atoms with Gasteiger partial charge in [0.25, 0.3) is 0 Å². The van der Waals surface area contributed by atoms with E-state index >= 15 is 0 Å². The van der Waals surface area contributed by atoms with Crippen LogP contribution >= 0.6 is 0 Å². The first-order valence-corrected chi connectivity index (χ1v) is 12.1. The molecule has 158 valence electrons. The van der Waals surface area contributed by atoms with Gasteiger partial charge in [0.15, 0.2) is 6.20 Å². The van der Waals surface area contributed by atoms with Crippen LogP contribution in [0.5, 0.6) is 0 Å². The summed E-state index contributed by atoms with van der Waals surface area (Å²) in [5.74, 6) is 0.701. The van der Waals surface area contributed by atoms with E-state index < -0.39 is 0 Å². The van der Waals surface area contributed by atoms with E-state index in [1.807, 2.05) is 0 Å². The average Bonchev–Trinajstić information content (AvgIpc) is 3.44. The molecule has 1 aliphatic rings. The number of hydrogen-bond donors (Lipinski definition) is 0. The molecule has 1 saturated carbocycles. The lowest BCUT2D eigenvalue weighted by molar-refractivity contribution is -0.643. The SMILES string of the molecule is Cc1ccc2c3ccc(C)c4c3n(c3cc(C5CCCC5)cc5cc[n+](C)c4c53)c2c1C. The minimum absolute atomic E-state index is 0.701. The van der Waals surface area contributed by atoms with Crippen LogP contribution in [0.15, 0.2) is 48.7 Å². The van der Waals surface area contributed by atoms with Crippen molar-refractivity contribution in [1.82, 2.24) is 4.40 Å². The standard InChI is InChI=1S/C30H29N2/c1-17-9-11-23-24-12-10-18(2)26-29(24)32(28(23)19(17)3)25-16-22(20-7-5-6-8-20)15-21-13-14-31(4)30(26)27(21)25/h9-16,20H,5-8H2,1-4H3/q+1. The predicted octanol–water partition coefficient (Wildman–Crippen LogP) is 7.40. The van der Waals surface area contributed by atoms with E-state index in [0.29, 0.717) is 5.92 Å². The normalized spacial score (nSPS) is 15.5. The van der Waals surface area contributed by atoms with Crippen LogP contribution in [0, 0.1) is 20.8 Å². The van der Waals surface area contributed by atoms with Crippen molar-refractivity contribution in [3.63, 3.8) is 0 Å². The van der Waals surface area contributed by atoms with Gasteiger partial charge in [-0.05, 0) is 73.2 Å². The average molecular weight is 418 g/mol. The van der Waals surface area contributed by atoms with Crippen molar-refractivity contribution in [2.75, 3.05) is 0 Å². The highest BCUT2D eigenvalue weighted by Crippen LogP contribution is 2.44. The zero-order chi connectivity index (χ0) is 21.7. The van der Waals surface area contributed by atoms with Crippen LogP contribution in [0.25, 0.3) is 49.0 Å². The monoisotopic (exact) mass is 417 g/mol. The van der Waals surface area contributed by atoms with Crippen molar-refractivity contribution in [3.8, 4) is 0 Å². The van der Waals surface area contributed by atoms with Gasteiger partial charge in [0, 0.05) is 16.8 Å². The lowest BCUT2D eigenvalue weighted by Gasteiger charge is -2.17. The van der Waals surface area contributed by atoms with Gasteiger partial charge in [-0.2, -0.15) is 0 Å². The van der Waals surface area contributed by atoms with Crippen LogP contribution in [0.4, 0.5) is 0 Å². The summed E-state index contributed by atoms with van der Waals surface area (Å²) >= 11 is 0. The molecular formula is C30H29N2+. The molecule has 2 heteroatoms. The minimum atomic E-state index is 0.701. The van der Waals surface area contributed by atoms with E-state index in [0.717, 1.165) is 0 Å². The summed E-state index contributed by atoms with van der Waals surface area (Å²) in [5, 5.41) is 6.92. The maximum absolute atomic E-state index is 2.61. The molecular weight excluding hydrogens is 388 g/mol. The molecule has 2 nitrogen and oxygen atoms in total. The molecule has 3 aromatic carbocycles. The quantitative estimate of drug-likeness (QED) is 0.150. The number of rotatable bonds is 1. The first-order chi connectivity index (χ1) is 15.5. The first kappa shape index (κ1) is 18.4. The van der Waals surface area contributed by atoms with Gasteiger partial charge >= 0.3 is 0 Å². The second-order valence-corrected chi connectivity index (χ2v) is 10.2. The lowest BCUT2D eigenvalue weighted by atomic mass is 9.92. The van der Waals surface area contributed by atoms with E-state index in [2.05, 4.69) is 85.4 Å². The van der Waals surface area contributed by atoms with Crippen molar-refractivity contribution in [2.45, 2.75) is 52.4 Å². The minimum Gasteiger partial charge on any atom is -0.307 e. The highest BCUT2D eigenvalue weighted by atomic mass is 15.0. The number of benzene rings is 3. The molecule has 3 heterocycles. The van der Waals surface area contributed by atoms with Crippen LogP contribution in [-0.2, 0) is 7.05 Å². The third-order valence-electron chi connectivity index (χ3n) is 8.37. The molecule has 7 rings (SSSR count). The fraction of sp³-hybridized carbons (Fsp3) is 0.300. The molecule has 0 atom stereocenters. The molecule has 3 aromatic heterocycles. The molecule has 6 aromatic rings. The molecule has 32 heavy (non-hydrogen) atoms.